The molecule has 3 N–H and O–H groups in total. The number of aliphatic carboxylic acids is 1. The van der Waals surface area contributed by atoms with E-state index in [4.69, 9.17) is 5.11 Å². The molecule has 0 aliphatic carbocycles. The molecule has 4 heteroatoms. The van der Waals surface area contributed by atoms with Crippen LogP contribution in [0.1, 0.15) is 39.0 Å². The van der Waals surface area contributed by atoms with E-state index in [1.807, 2.05) is 0 Å². The summed E-state index contributed by atoms with van der Waals surface area (Å²) in [5.41, 5.74) is 0. The number of carbonyl (C=O) groups is 1. The Hall–Kier alpha value is -0.610. The Labute approximate surface area is 91.4 Å². The summed E-state index contributed by atoms with van der Waals surface area (Å²) in [5.74, 6) is -0.782. The molecule has 0 aromatic carbocycles. The first kappa shape index (κ1) is 12.5. The molecule has 0 aromatic rings. The van der Waals surface area contributed by atoms with E-state index >= 15 is 0 Å². The summed E-state index contributed by atoms with van der Waals surface area (Å²) >= 11 is 0. The maximum Gasteiger partial charge on any atom is 0.317 e. The van der Waals surface area contributed by atoms with Crippen LogP contribution in [0, 0.1) is 0 Å². The van der Waals surface area contributed by atoms with Gasteiger partial charge < -0.3 is 15.7 Å². The van der Waals surface area contributed by atoms with Gasteiger partial charge in [-0.05, 0) is 32.7 Å². The Bertz CT molecular complexity index is 189. The average molecular weight is 214 g/mol. The number of hydrogen-bond donors (Lipinski definition) is 3. The van der Waals surface area contributed by atoms with E-state index in [-0.39, 0.29) is 12.6 Å². The number of hydrogen-bond acceptors (Lipinski definition) is 3. The third kappa shape index (κ3) is 5.74. The topological polar surface area (TPSA) is 61.4 Å². The highest BCUT2D eigenvalue weighted by molar-refractivity contribution is 5.69. The molecule has 2 unspecified atom stereocenters. The van der Waals surface area contributed by atoms with Gasteiger partial charge in [0.2, 0.25) is 0 Å². The molecule has 0 bridgehead atoms. The van der Waals surface area contributed by atoms with Crippen LogP contribution in [0.2, 0.25) is 0 Å². The summed E-state index contributed by atoms with van der Waals surface area (Å²) in [6.07, 6.45) is 6.13. The largest absolute Gasteiger partial charge is 0.480 e. The molecule has 88 valence electrons. The fourth-order valence-electron chi connectivity index (χ4n) is 2.07. The Balaban J connectivity index is 2.17. The predicted octanol–water partition coefficient (Wildman–Crippen LogP) is 0.971. The van der Waals surface area contributed by atoms with E-state index in [1.165, 1.54) is 25.7 Å². The highest BCUT2D eigenvalue weighted by Crippen LogP contribution is 2.12. The molecule has 0 spiro atoms. The van der Waals surface area contributed by atoms with Gasteiger partial charge in [0.05, 0.1) is 6.54 Å². The molecule has 1 fully saturated rings. The third-order valence-electron chi connectivity index (χ3n) is 2.90. The van der Waals surface area contributed by atoms with Gasteiger partial charge in [-0.15, -0.1) is 0 Å². The lowest BCUT2D eigenvalue weighted by Gasteiger charge is -2.20. The number of carboxylic acids is 1. The lowest BCUT2D eigenvalue weighted by Crippen LogP contribution is -2.38. The quantitative estimate of drug-likeness (QED) is 0.638. The Morgan fingerprint density at radius 3 is 3.07 bits per heavy atom. The minimum atomic E-state index is -0.782. The Morgan fingerprint density at radius 1 is 1.53 bits per heavy atom. The average Bonchev–Trinajstić information content (AvgIpc) is 2.43. The summed E-state index contributed by atoms with van der Waals surface area (Å²) in [4.78, 5) is 10.4. The summed E-state index contributed by atoms with van der Waals surface area (Å²) in [6, 6.07) is 0.834. The van der Waals surface area contributed by atoms with Gasteiger partial charge in [0.25, 0.3) is 0 Å². The van der Waals surface area contributed by atoms with E-state index in [0.29, 0.717) is 6.04 Å². The molecule has 15 heavy (non-hydrogen) atoms. The van der Waals surface area contributed by atoms with Crippen molar-refractivity contribution in [1.29, 1.82) is 0 Å². The zero-order valence-electron chi connectivity index (χ0n) is 9.46. The minimum absolute atomic E-state index is 0.0634. The van der Waals surface area contributed by atoms with Gasteiger partial charge in [0.1, 0.15) is 0 Å². The van der Waals surface area contributed by atoms with E-state index in [2.05, 4.69) is 17.6 Å². The molecule has 0 saturated carbocycles. The molecular formula is C11H22N2O2. The fourth-order valence-corrected chi connectivity index (χ4v) is 2.07. The van der Waals surface area contributed by atoms with Crippen molar-refractivity contribution in [2.75, 3.05) is 13.1 Å². The highest BCUT2D eigenvalue weighted by atomic mass is 16.4. The molecule has 1 aliphatic heterocycles. The van der Waals surface area contributed by atoms with Gasteiger partial charge in [-0.3, -0.25) is 4.79 Å². The van der Waals surface area contributed by atoms with Crippen molar-refractivity contribution < 1.29 is 9.90 Å². The molecule has 1 aliphatic rings. The van der Waals surface area contributed by atoms with Crippen LogP contribution < -0.4 is 10.6 Å². The summed E-state index contributed by atoms with van der Waals surface area (Å²) < 4.78 is 0. The molecule has 1 rings (SSSR count). The van der Waals surface area contributed by atoms with Crippen LogP contribution in [-0.2, 0) is 4.79 Å². The van der Waals surface area contributed by atoms with Crippen molar-refractivity contribution >= 4 is 5.97 Å². The number of rotatable bonds is 5. The van der Waals surface area contributed by atoms with E-state index in [9.17, 15) is 4.79 Å². The standard InChI is InChI=1S/C11H22N2O2/c1-9(13-8-11(14)15)7-10-5-3-2-4-6-12-10/h9-10,12-13H,2-8H2,1H3,(H,14,15). The number of nitrogens with one attached hydrogen (secondary N) is 2. The van der Waals surface area contributed by atoms with Gasteiger partial charge >= 0.3 is 5.97 Å². The fraction of sp³-hybridized carbons (Fsp3) is 0.909. The second-order valence-corrected chi connectivity index (χ2v) is 4.41. The van der Waals surface area contributed by atoms with Crippen LogP contribution in [0.4, 0.5) is 0 Å². The van der Waals surface area contributed by atoms with Crippen molar-refractivity contribution in [2.24, 2.45) is 0 Å². The maximum absolute atomic E-state index is 10.4. The Morgan fingerprint density at radius 2 is 2.33 bits per heavy atom. The van der Waals surface area contributed by atoms with Gasteiger partial charge in [0, 0.05) is 12.1 Å². The zero-order valence-corrected chi connectivity index (χ0v) is 9.46. The van der Waals surface area contributed by atoms with Gasteiger partial charge in [-0.25, -0.2) is 0 Å². The molecule has 1 heterocycles. The predicted molar refractivity (Wildman–Crippen MR) is 60.0 cm³/mol. The second kappa shape index (κ2) is 6.80. The van der Waals surface area contributed by atoms with Gasteiger partial charge in [-0.2, -0.15) is 0 Å². The summed E-state index contributed by atoms with van der Waals surface area (Å²) in [7, 11) is 0. The molecular weight excluding hydrogens is 192 g/mol. The van der Waals surface area contributed by atoms with Crippen LogP contribution in [-0.4, -0.2) is 36.2 Å². The molecule has 0 amide bonds. The zero-order chi connectivity index (χ0) is 11.1. The first-order valence-corrected chi connectivity index (χ1v) is 5.87. The second-order valence-electron chi connectivity index (χ2n) is 4.41. The Kier molecular flexibility index (Phi) is 5.65. The lowest BCUT2D eigenvalue weighted by atomic mass is 10.0. The van der Waals surface area contributed by atoms with Crippen LogP contribution in [0.15, 0.2) is 0 Å². The first-order chi connectivity index (χ1) is 7.18. The molecule has 0 aromatic heterocycles. The van der Waals surface area contributed by atoms with Gasteiger partial charge in [0.15, 0.2) is 0 Å². The minimum Gasteiger partial charge on any atom is -0.480 e. The van der Waals surface area contributed by atoms with Gasteiger partial charge in [-0.1, -0.05) is 12.8 Å². The third-order valence-corrected chi connectivity index (χ3v) is 2.90. The van der Waals surface area contributed by atoms with Crippen LogP contribution in [0.25, 0.3) is 0 Å². The smallest absolute Gasteiger partial charge is 0.317 e. The van der Waals surface area contributed by atoms with Crippen LogP contribution in [0.3, 0.4) is 0 Å². The van der Waals surface area contributed by atoms with Crippen molar-refractivity contribution in [3.05, 3.63) is 0 Å². The van der Waals surface area contributed by atoms with Crippen LogP contribution >= 0.6 is 0 Å². The number of carboxylic acid groups (broad SMARTS) is 1. The SMILES string of the molecule is CC(CC1CCCCCN1)NCC(=O)O. The van der Waals surface area contributed by atoms with Crippen molar-refractivity contribution in [1.82, 2.24) is 10.6 Å². The van der Waals surface area contributed by atoms with Crippen LogP contribution in [0.5, 0.6) is 0 Å². The summed E-state index contributed by atoms with van der Waals surface area (Å²) in [5, 5.41) is 15.1. The van der Waals surface area contributed by atoms with E-state index in [1.54, 1.807) is 0 Å². The molecule has 1 saturated heterocycles. The monoisotopic (exact) mass is 214 g/mol. The normalized spacial score (nSPS) is 24.5. The van der Waals surface area contributed by atoms with Crippen molar-refractivity contribution in [3.63, 3.8) is 0 Å². The molecule has 2 atom stereocenters. The lowest BCUT2D eigenvalue weighted by molar-refractivity contribution is -0.136. The highest BCUT2D eigenvalue weighted by Gasteiger charge is 2.14. The first-order valence-electron chi connectivity index (χ1n) is 5.87. The van der Waals surface area contributed by atoms with Crippen molar-refractivity contribution in [3.8, 4) is 0 Å². The molecule has 0 radical (unpaired) electrons. The molecule has 4 nitrogen and oxygen atoms in total. The van der Waals surface area contributed by atoms with E-state index in [0.717, 1.165) is 13.0 Å². The maximum atomic E-state index is 10.4. The van der Waals surface area contributed by atoms with E-state index < -0.39 is 5.97 Å². The van der Waals surface area contributed by atoms with Crippen molar-refractivity contribution in [2.45, 2.75) is 51.1 Å². The summed E-state index contributed by atoms with van der Waals surface area (Å²) in [6.45, 7) is 3.22.